The fourth-order valence-electron chi connectivity index (χ4n) is 1.78. The molecule has 0 saturated heterocycles. The molecule has 0 amide bonds. The van der Waals surface area contributed by atoms with Crippen LogP contribution in [0.3, 0.4) is 0 Å². The molecule has 2 aromatic rings. The Morgan fingerprint density at radius 3 is 2.67 bits per heavy atom. The van der Waals surface area contributed by atoms with Gasteiger partial charge in [-0.3, -0.25) is 0 Å². The first-order chi connectivity index (χ1) is 9.84. The molecular formula is C13H10F4N2O2. The summed E-state index contributed by atoms with van der Waals surface area (Å²) in [7, 11) is 0. The van der Waals surface area contributed by atoms with E-state index in [1.54, 1.807) is 0 Å². The van der Waals surface area contributed by atoms with Gasteiger partial charge in [-0.15, -0.1) is 0 Å². The van der Waals surface area contributed by atoms with Crippen molar-refractivity contribution >= 4 is 5.97 Å². The summed E-state index contributed by atoms with van der Waals surface area (Å²) in [6.07, 6.45) is -4.09. The average Bonchev–Trinajstić information content (AvgIpc) is 2.83. The number of nitrogens with zero attached hydrogens (tertiary/aromatic N) is 2. The van der Waals surface area contributed by atoms with Gasteiger partial charge in [0.2, 0.25) is 0 Å². The molecule has 1 heterocycles. The molecule has 112 valence electrons. The predicted octanol–water partition coefficient (Wildman–Crippen LogP) is 3.21. The second-order valence-electron chi connectivity index (χ2n) is 4.02. The Balaban J connectivity index is 2.60. The summed E-state index contributed by atoms with van der Waals surface area (Å²) in [6.45, 7) is 1.41. The number of halogens is 4. The molecule has 0 saturated carbocycles. The quantitative estimate of drug-likeness (QED) is 0.646. The van der Waals surface area contributed by atoms with E-state index in [1.165, 1.54) is 19.1 Å². The second-order valence-corrected chi connectivity index (χ2v) is 4.02. The Hall–Kier alpha value is -2.38. The van der Waals surface area contributed by atoms with Gasteiger partial charge in [0.1, 0.15) is 11.4 Å². The van der Waals surface area contributed by atoms with Crippen molar-refractivity contribution in [3.8, 4) is 5.69 Å². The van der Waals surface area contributed by atoms with Crippen LogP contribution in [0.25, 0.3) is 5.69 Å². The van der Waals surface area contributed by atoms with Crippen molar-refractivity contribution in [2.45, 2.75) is 13.1 Å². The third-order valence-corrected chi connectivity index (χ3v) is 2.59. The van der Waals surface area contributed by atoms with Gasteiger partial charge in [-0.1, -0.05) is 6.07 Å². The molecule has 0 aliphatic heterocycles. The first-order valence-corrected chi connectivity index (χ1v) is 5.93. The van der Waals surface area contributed by atoms with E-state index in [0.29, 0.717) is 4.68 Å². The first kappa shape index (κ1) is 15.0. The monoisotopic (exact) mass is 302 g/mol. The maximum absolute atomic E-state index is 13.2. The molecule has 0 spiro atoms. The summed E-state index contributed by atoms with van der Waals surface area (Å²) < 4.78 is 57.7. The summed E-state index contributed by atoms with van der Waals surface area (Å²) in [5.74, 6) is -1.85. The third-order valence-electron chi connectivity index (χ3n) is 2.59. The van der Waals surface area contributed by atoms with E-state index in [1.807, 2.05) is 0 Å². The minimum Gasteiger partial charge on any atom is -0.462 e. The molecule has 0 atom stereocenters. The number of carbonyl (C=O) groups is 1. The lowest BCUT2D eigenvalue weighted by Gasteiger charge is -2.12. The van der Waals surface area contributed by atoms with E-state index in [-0.39, 0.29) is 12.3 Å². The van der Waals surface area contributed by atoms with Crippen molar-refractivity contribution in [3.63, 3.8) is 0 Å². The zero-order chi connectivity index (χ0) is 15.6. The van der Waals surface area contributed by atoms with Crippen LogP contribution in [-0.4, -0.2) is 22.4 Å². The molecule has 0 bridgehead atoms. The van der Waals surface area contributed by atoms with Crippen LogP contribution in [0.5, 0.6) is 0 Å². The first-order valence-electron chi connectivity index (χ1n) is 5.93. The lowest BCUT2D eigenvalue weighted by Crippen LogP contribution is -2.18. The Morgan fingerprint density at radius 2 is 2.10 bits per heavy atom. The lowest BCUT2D eigenvalue weighted by molar-refractivity contribution is -0.143. The highest BCUT2D eigenvalue weighted by molar-refractivity contribution is 5.90. The van der Waals surface area contributed by atoms with Crippen LogP contribution in [0.4, 0.5) is 17.6 Å². The Bertz CT molecular complexity index is 664. The van der Waals surface area contributed by atoms with Crippen molar-refractivity contribution in [1.29, 1.82) is 0 Å². The number of ether oxygens (including phenoxy) is 1. The van der Waals surface area contributed by atoms with Crippen LogP contribution in [-0.2, 0) is 10.9 Å². The molecule has 0 fully saturated rings. The summed E-state index contributed by atoms with van der Waals surface area (Å²) in [4.78, 5) is 11.6. The lowest BCUT2D eigenvalue weighted by atomic mass is 10.2. The summed E-state index contributed by atoms with van der Waals surface area (Å²) in [5.41, 5.74) is -2.15. The Labute approximate surface area is 116 Å². The zero-order valence-corrected chi connectivity index (χ0v) is 10.8. The molecular weight excluding hydrogens is 292 g/mol. The molecule has 21 heavy (non-hydrogen) atoms. The predicted molar refractivity (Wildman–Crippen MR) is 64.5 cm³/mol. The van der Waals surface area contributed by atoms with E-state index in [4.69, 9.17) is 0 Å². The summed E-state index contributed by atoms with van der Waals surface area (Å²) in [6, 6.07) is 4.47. The molecule has 0 unspecified atom stereocenters. The van der Waals surface area contributed by atoms with Gasteiger partial charge >= 0.3 is 12.1 Å². The van der Waals surface area contributed by atoms with E-state index >= 15 is 0 Å². The van der Waals surface area contributed by atoms with Gasteiger partial charge in [0.15, 0.2) is 5.69 Å². The number of rotatable bonds is 3. The topological polar surface area (TPSA) is 44.1 Å². The van der Waals surface area contributed by atoms with E-state index in [0.717, 1.165) is 18.3 Å². The van der Waals surface area contributed by atoms with Gasteiger partial charge in [-0.25, -0.2) is 13.9 Å². The van der Waals surface area contributed by atoms with Gasteiger partial charge in [0.25, 0.3) is 0 Å². The Kier molecular flexibility index (Phi) is 3.97. The molecule has 0 aliphatic carbocycles. The number of aromatic nitrogens is 2. The fourth-order valence-corrected chi connectivity index (χ4v) is 1.78. The van der Waals surface area contributed by atoms with Crippen LogP contribution in [0.2, 0.25) is 0 Å². The van der Waals surface area contributed by atoms with Gasteiger partial charge in [0, 0.05) is 0 Å². The SMILES string of the molecule is CCOC(=O)c1cnn(-c2cccc(F)c2)c1C(F)(F)F. The summed E-state index contributed by atoms with van der Waals surface area (Å²) in [5, 5.41) is 3.53. The van der Waals surface area contributed by atoms with Crippen molar-refractivity contribution in [2.24, 2.45) is 0 Å². The van der Waals surface area contributed by atoms with Gasteiger partial charge < -0.3 is 4.74 Å². The molecule has 1 aromatic carbocycles. The average molecular weight is 302 g/mol. The van der Waals surface area contributed by atoms with Crippen LogP contribution >= 0.6 is 0 Å². The van der Waals surface area contributed by atoms with Crippen LogP contribution in [0, 0.1) is 5.82 Å². The maximum Gasteiger partial charge on any atom is 0.434 e. The van der Waals surface area contributed by atoms with Gasteiger partial charge in [-0.05, 0) is 25.1 Å². The van der Waals surface area contributed by atoms with Crippen molar-refractivity contribution in [2.75, 3.05) is 6.61 Å². The number of esters is 1. The van der Waals surface area contributed by atoms with Crippen molar-refractivity contribution in [3.05, 3.63) is 47.5 Å². The summed E-state index contributed by atoms with van der Waals surface area (Å²) >= 11 is 0. The smallest absolute Gasteiger partial charge is 0.434 e. The standard InChI is InChI=1S/C13H10F4N2O2/c1-2-21-12(20)10-7-18-19(11(10)13(15,16)17)9-5-3-4-8(14)6-9/h3-7H,2H2,1H3. The highest BCUT2D eigenvalue weighted by atomic mass is 19.4. The van der Waals surface area contributed by atoms with Crippen LogP contribution in [0.1, 0.15) is 23.0 Å². The molecule has 1 aromatic heterocycles. The van der Waals surface area contributed by atoms with E-state index in [2.05, 4.69) is 9.84 Å². The third kappa shape index (κ3) is 3.04. The largest absolute Gasteiger partial charge is 0.462 e. The van der Waals surface area contributed by atoms with Crippen molar-refractivity contribution < 1.29 is 27.1 Å². The molecule has 8 heteroatoms. The minimum absolute atomic E-state index is 0.0682. The molecule has 0 radical (unpaired) electrons. The van der Waals surface area contributed by atoms with E-state index < -0.39 is 29.2 Å². The van der Waals surface area contributed by atoms with Gasteiger partial charge in [0.05, 0.1) is 18.5 Å². The van der Waals surface area contributed by atoms with Crippen molar-refractivity contribution in [1.82, 2.24) is 9.78 Å². The maximum atomic E-state index is 13.2. The highest BCUT2D eigenvalue weighted by Crippen LogP contribution is 2.34. The number of carbonyl (C=O) groups excluding carboxylic acids is 1. The highest BCUT2D eigenvalue weighted by Gasteiger charge is 2.41. The molecule has 2 rings (SSSR count). The second kappa shape index (κ2) is 5.55. The number of benzene rings is 1. The van der Waals surface area contributed by atoms with Crippen LogP contribution in [0.15, 0.2) is 30.5 Å². The number of alkyl halides is 3. The van der Waals surface area contributed by atoms with E-state index in [9.17, 15) is 22.4 Å². The molecule has 0 aliphatic rings. The number of hydrogen-bond acceptors (Lipinski definition) is 3. The number of hydrogen-bond donors (Lipinski definition) is 0. The van der Waals surface area contributed by atoms with Crippen LogP contribution < -0.4 is 0 Å². The zero-order valence-electron chi connectivity index (χ0n) is 10.8. The molecule has 4 nitrogen and oxygen atoms in total. The minimum atomic E-state index is -4.84. The fraction of sp³-hybridized carbons (Fsp3) is 0.231. The molecule has 0 N–H and O–H groups in total. The Morgan fingerprint density at radius 1 is 1.38 bits per heavy atom. The normalized spacial score (nSPS) is 11.5. The van der Waals surface area contributed by atoms with Gasteiger partial charge in [-0.2, -0.15) is 18.3 Å².